The number of rotatable bonds is 6. The molecule has 3 N–H and O–H groups in total. The minimum Gasteiger partial charge on any atom is -0.326 e. The molecule has 0 fully saturated rings. The van der Waals surface area contributed by atoms with Crippen molar-refractivity contribution in [1.82, 2.24) is 9.03 Å². The molecule has 0 saturated carbocycles. The van der Waals surface area contributed by atoms with E-state index in [0.29, 0.717) is 13.1 Å². The fraction of sp³-hybridized carbons (Fsp3) is 0.500. The molecule has 0 radical (unpaired) electrons. The van der Waals surface area contributed by atoms with Gasteiger partial charge in [-0.05, 0) is 25.0 Å². The lowest BCUT2D eigenvalue weighted by molar-refractivity contribution is 0.449. The highest BCUT2D eigenvalue weighted by Crippen LogP contribution is 2.09. The van der Waals surface area contributed by atoms with Gasteiger partial charge in [0.15, 0.2) is 0 Å². The van der Waals surface area contributed by atoms with Gasteiger partial charge >= 0.3 is 0 Å². The van der Waals surface area contributed by atoms with Crippen LogP contribution in [0.15, 0.2) is 24.3 Å². The Labute approximate surface area is 109 Å². The molecule has 0 heterocycles. The highest BCUT2D eigenvalue weighted by atomic mass is 32.2. The molecule has 6 heteroatoms. The van der Waals surface area contributed by atoms with Crippen LogP contribution >= 0.6 is 0 Å². The number of hydrogen-bond donors (Lipinski definition) is 2. The number of hydrogen-bond acceptors (Lipinski definition) is 3. The van der Waals surface area contributed by atoms with Crippen molar-refractivity contribution >= 4 is 10.2 Å². The molecule has 102 valence electrons. The van der Waals surface area contributed by atoms with Crippen molar-refractivity contribution in [3.05, 3.63) is 35.4 Å². The van der Waals surface area contributed by atoms with E-state index >= 15 is 0 Å². The van der Waals surface area contributed by atoms with Gasteiger partial charge in [0.25, 0.3) is 10.2 Å². The predicted octanol–water partition coefficient (Wildman–Crippen LogP) is 0.820. The molecule has 18 heavy (non-hydrogen) atoms. The number of nitrogens with two attached hydrogens (primary N) is 1. The Bertz CT molecular complexity index is 486. The molecule has 0 saturated heterocycles. The molecule has 0 aliphatic rings. The average Bonchev–Trinajstić information content (AvgIpc) is 2.27. The van der Waals surface area contributed by atoms with Gasteiger partial charge < -0.3 is 5.73 Å². The second kappa shape index (κ2) is 6.29. The normalized spacial score (nSPS) is 12.3. The summed E-state index contributed by atoms with van der Waals surface area (Å²) in [6.45, 7) is 4.37. The molecular weight excluding hydrogens is 250 g/mol. The van der Waals surface area contributed by atoms with Crippen molar-refractivity contribution in [1.29, 1.82) is 0 Å². The van der Waals surface area contributed by atoms with E-state index in [9.17, 15) is 8.42 Å². The molecule has 0 unspecified atom stereocenters. The van der Waals surface area contributed by atoms with E-state index in [4.69, 9.17) is 5.73 Å². The molecule has 1 rings (SSSR count). The summed E-state index contributed by atoms with van der Waals surface area (Å²) in [5.74, 6) is 0. The summed E-state index contributed by atoms with van der Waals surface area (Å²) in [6.07, 6.45) is 0. The van der Waals surface area contributed by atoms with Crippen LogP contribution in [0.3, 0.4) is 0 Å². The maximum Gasteiger partial charge on any atom is 0.279 e. The Morgan fingerprint density at radius 2 is 1.94 bits per heavy atom. The number of benzene rings is 1. The topological polar surface area (TPSA) is 75.4 Å². The van der Waals surface area contributed by atoms with E-state index in [1.54, 1.807) is 20.9 Å². The Hall–Kier alpha value is -0.950. The zero-order valence-electron chi connectivity index (χ0n) is 11.1. The van der Waals surface area contributed by atoms with E-state index in [2.05, 4.69) is 4.72 Å². The minimum absolute atomic E-state index is 0.118. The van der Waals surface area contributed by atoms with Gasteiger partial charge in [-0.1, -0.05) is 24.3 Å². The third-order valence-electron chi connectivity index (χ3n) is 2.43. The Kier molecular flexibility index (Phi) is 5.28. The minimum atomic E-state index is -3.43. The lowest BCUT2D eigenvalue weighted by Gasteiger charge is -2.19. The number of nitrogens with zero attached hydrogens (tertiary/aromatic N) is 1. The van der Waals surface area contributed by atoms with Gasteiger partial charge in [0.2, 0.25) is 0 Å². The van der Waals surface area contributed by atoms with Crippen molar-refractivity contribution in [2.75, 3.05) is 7.05 Å². The van der Waals surface area contributed by atoms with Crippen LogP contribution < -0.4 is 10.5 Å². The molecule has 0 aliphatic heterocycles. The van der Waals surface area contributed by atoms with Crippen LogP contribution in [0.25, 0.3) is 0 Å². The standard InChI is InChI=1S/C12H21N3O2S/c1-10(2)14-18(16,17)15(3)9-12-6-4-5-11(7-12)8-13/h4-7,10,14H,8-9,13H2,1-3H3. The van der Waals surface area contributed by atoms with Gasteiger partial charge in [-0.15, -0.1) is 0 Å². The monoisotopic (exact) mass is 271 g/mol. The maximum absolute atomic E-state index is 11.9. The molecule has 0 bridgehead atoms. The van der Waals surface area contributed by atoms with Gasteiger partial charge in [-0.25, -0.2) is 0 Å². The highest BCUT2D eigenvalue weighted by Gasteiger charge is 2.18. The first-order chi connectivity index (χ1) is 8.35. The van der Waals surface area contributed by atoms with Crippen LogP contribution in [-0.2, 0) is 23.3 Å². The smallest absolute Gasteiger partial charge is 0.279 e. The van der Waals surface area contributed by atoms with Gasteiger partial charge in [-0.2, -0.15) is 17.4 Å². The maximum atomic E-state index is 11.9. The van der Waals surface area contributed by atoms with Gasteiger partial charge in [-0.3, -0.25) is 0 Å². The van der Waals surface area contributed by atoms with Crippen molar-refractivity contribution in [2.45, 2.75) is 33.0 Å². The lowest BCUT2D eigenvalue weighted by Crippen LogP contribution is -2.41. The molecule has 0 atom stereocenters. The highest BCUT2D eigenvalue weighted by molar-refractivity contribution is 7.87. The molecule has 5 nitrogen and oxygen atoms in total. The summed E-state index contributed by atoms with van der Waals surface area (Å²) in [6, 6.07) is 7.49. The Morgan fingerprint density at radius 3 is 2.50 bits per heavy atom. The van der Waals surface area contributed by atoms with E-state index in [1.807, 2.05) is 24.3 Å². The van der Waals surface area contributed by atoms with Crippen LogP contribution in [0.2, 0.25) is 0 Å². The third kappa shape index (κ3) is 4.38. The largest absolute Gasteiger partial charge is 0.326 e. The second-order valence-electron chi connectivity index (χ2n) is 4.56. The molecule has 0 amide bonds. The molecule has 0 aliphatic carbocycles. The van der Waals surface area contributed by atoms with Gasteiger partial charge in [0.1, 0.15) is 0 Å². The van der Waals surface area contributed by atoms with Crippen molar-refractivity contribution in [3.63, 3.8) is 0 Å². The molecule has 1 aromatic rings. The summed E-state index contributed by atoms with van der Waals surface area (Å²) < 4.78 is 27.6. The van der Waals surface area contributed by atoms with Gasteiger partial charge in [0.05, 0.1) is 0 Å². The lowest BCUT2D eigenvalue weighted by atomic mass is 10.1. The number of nitrogens with one attached hydrogen (secondary N) is 1. The summed E-state index contributed by atoms with van der Waals surface area (Å²) in [5.41, 5.74) is 7.48. The fourth-order valence-corrected chi connectivity index (χ4v) is 2.68. The zero-order valence-corrected chi connectivity index (χ0v) is 11.9. The molecule has 0 spiro atoms. The molecule has 0 aromatic heterocycles. The van der Waals surface area contributed by atoms with Crippen LogP contribution in [0.4, 0.5) is 0 Å². The first kappa shape index (κ1) is 15.1. The van der Waals surface area contributed by atoms with Crippen molar-refractivity contribution < 1.29 is 8.42 Å². The van der Waals surface area contributed by atoms with E-state index in [1.165, 1.54) is 4.31 Å². The molecule has 1 aromatic carbocycles. The summed E-state index contributed by atoms with van der Waals surface area (Å²) >= 11 is 0. The summed E-state index contributed by atoms with van der Waals surface area (Å²) in [7, 11) is -1.87. The summed E-state index contributed by atoms with van der Waals surface area (Å²) in [5, 5.41) is 0. The average molecular weight is 271 g/mol. The van der Waals surface area contributed by atoms with Crippen LogP contribution in [0, 0.1) is 0 Å². The predicted molar refractivity (Wildman–Crippen MR) is 73.0 cm³/mol. The van der Waals surface area contributed by atoms with Crippen LogP contribution in [-0.4, -0.2) is 25.8 Å². The zero-order chi connectivity index (χ0) is 13.8. The van der Waals surface area contributed by atoms with Crippen molar-refractivity contribution in [2.24, 2.45) is 5.73 Å². The Balaban J connectivity index is 2.77. The van der Waals surface area contributed by atoms with Crippen molar-refractivity contribution in [3.8, 4) is 0 Å². The third-order valence-corrected chi connectivity index (χ3v) is 4.15. The second-order valence-corrected chi connectivity index (χ2v) is 6.37. The first-order valence-corrected chi connectivity index (χ1v) is 7.30. The van der Waals surface area contributed by atoms with Crippen LogP contribution in [0.5, 0.6) is 0 Å². The van der Waals surface area contributed by atoms with E-state index < -0.39 is 10.2 Å². The first-order valence-electron chi connectivity index (χ1n) is 5.86. The van der Waals surface area contributed by atoms with E-state index in [-0.39, 0.29) is 6.04 Å². The fourth-order valence-electron chi connectivity index (χ4n) is 1.58. The Morgan fingerprint density at radius 1 is 1.33 bits per heavy atom. The van der Waals surface area contributed by atoms with Gasteiger partial charge in [0, 0.05) is 26.2 Å². The van der Waals surface area contributed by atoms with Crippen LogP contribution in [0.1, 0.15) is 25.0 Å². The van der Waals surface area contributed by atoms with E-state index in [0.717, 1.165) is 11.1 Å². The summed E-state index contributed by atoms with van der Waals surface area (Å²) in [4.78, 5) is 0. The molecular formula is C12H21N3O2S. The quantitative estimate of drug-likeness (QED) is 0.804. The SMILES string of the molecule is CC(C)NS(=O)(=O)N(C)Cc1cccc(CN)c1.